The molecule has 2 aliphatic rings. The zero-order valence-corrected chi connectivity index (χ0v) is 14.6. The number of hydrogen-bond donors (Lipinski definition) is 0. The number of pyridine rings is 1. The predicted molar refractivity (Wildman–Crippen MR) is 94.4 cm³/mol. The van der Waals surface area contributed by atoms with Crippen LogP contribution in [0.1, 0.15) is 10.4 Å². The van der Waals surface area contributed by atoms with E-state index in [0.29, 0.717) is 23.1 Å². The van der Waals surface area contributed by atoms with Gasteiger partial charge in [-0.2, -0.15) is 0 Å². The molecule has 0 aromatic heterocycles. The molecule has 25 heavy (non-hydrogen) atoms. The number of halogens is 2. The van der Waals surface area contributed by atoms with Gasteiger partial charge < -0.3 is 0 Å². The van der Waals surface area contributed by atoms with Crippen LogP contribution in [0.15, 0.2) is 59.5 Å². The van der Waals surface area contributed by atoms with Crippen molar-refractivity contribution >= 4 is 27.9 Å². The summed E-state index contributed by atoms with van der Waals surface area (Å²) >= 11 is 5.35. The molecule has 1 aliphatic carbocycles. The monoisotopic (exact) mass is 381 g/mol. The van der Waals surface area contributed by atoms with Crippen LogP contribution in [-0.2, 0) is 10.0 Å². The average molecular weight is 382 g/mol. The van der Waals surface area contributed by atoms with E-state index in [1.165, 1.54) is 24.4 Å². The van der Waals surface area contributed by atoms with Gasteiger partial charge in [0.05, 0.1) is 17.0 Å². The molecule has 3 rings (SSSR count). The predicted octanol–water partition coefficient (Wildman–Crippen LogP) is 3.05. The Morgan fingerprint density at radius 1 is 1.12 bits per heavy atom. The maximum atomic E-state index is 12.5. The highest BCUT2D eigenvalue weighted by atomic mass is 35.5. The average Bonchev–Trinajstić information content (AvgIpc) is 2.57. The molecule has 1 aromatic rings. The lowest BCUT2D eigenvalue weighted by Crippen LogP contribution is -2.16. The lowest BCUT2D eigenvalue weighted by Gasteiger charge is -2.11. The highest BCUT2D eigenvalue weighted by Crippen LogP contribution is 2.18. The van der Waals surface area contributed by atoms with Crippen molar-refractivity contribution in [3.05, 3.63) is 81.4 Å². The number of hydrogen-bond acceptors (Lipinski definition) is 4. The van der Waals surface area contributed by atoms with Crippen molar-refractivity contribution < 1.29 is 17.6 Å². The number of nitrogens with zero attached hydrogens (tertiary/aromatic N) is 1. The van der Waals surface area contributed by atoms with Crippen LogP contribution in [0.5, 0.6) is 0 Å². The van der Waals surface area contributed by atoms with Crippen molar-refractivity contribution in [3.63, 3.8) is 0 Å². The fourth-order valence-corrected chi connectivity index (χ4v) is 2.99. The molecule has 0 amide bonds. The van der Waals surface area contributed by atoms with Gasteiger partial charge in [0.1, 0.15) is 12.1 Å². The molecule has 1 heterocycles. The number of rotatable bonds is 2. The van der Waals surface area contributed by atoms with Crippen molar-refractivity contribution in [1.82, 2.24) is 3.97 Å². The van der Waals surface area contributed by atoms with Gasteiger partial charge >= 0.3 is 0 Å². The minimum absolute atomic E-state index is 0.0330. The van der Waals surface area contributed by atoms with Gasteiger partial charge in [0.2, 0.25) is 10.0 Å². The molecule has 0 bridgehead atoms. The van der Waals surface area contributed by atoms with Crippen molar-refractivity contribution in [1.29, 1.82) is 0 Å². The minimum atomic E-state index is -3.37. The van der Waals surface area contributed by atoms with E-state index in [4.69, 9.17) is 11.6 Å². The highest BCUT2D eigenvalue weighted by molar-refractivity contribution is 7.89. The summed E-state index contributed by atoms with van der Waals surface area (Å²) < 4.78 is 36.4. The summed E-state index contributed by atoms with van der Waals surface area (Å²) in [7, 11) is -3.37. The molecule has 0 radical (unpaired) electrons. The van der Waals surface area contributed by atoms with E-state index in [1.54, 1.807) is 24.3 Å². The molecule has 1 aromatic carbocycles. The summed E-state index contributed by atoms with van der Waals surface area (Å²) in [6.07, 6.45) is 3.10. The summed E-state index contributed by atoms with van der Waals surface area (Å²) in [5, 5.41) is 0.0330. The minimum Gasteiger partial charge on any atom is -0.298 e. The first-order valence-corrected chi connectivity index (χ1v) is 9.18. The van der Waals surface area contributed by atoms with Crippen LogP contribution in [0.3, 0.4) is 0 Å². The van der Waals surface area contributed by atoms with Crippen LogP contribution in [0, 0.1) is 5.82 Å². The van der Waals surface area contributed by atoms with Crippen molar-refractivity contribution in [2.75, 3.05) is 6.26 Å². The van der Waals surface area contributed by atoms with Crippen LogP contribution in [0.2, 0.25) is 5.02 Å². The van der Waals surface area contributed by atoms with Crippen LogP contribution >= 0.6 is 11.6 Å². The Morgan fingerprint density at radius 2 is 1.84 bits per heavy atom. The Balaban J connectivity index is 0.000000196. The maximum absolute atomic E-state index is 12.5. The molecular formula is C17H13ClFNO4S. The number of fused-ring (bicyclic) bond motifs is 1. The Bertz CT molecular complexity index is 1050. The third-order valence-electron chi connectivity index (χ3n) is 3.20. The SMILES string of the molecule is CS(=O)(=O)n1cccc2c(=O)cccc1-2.O=Cc1ccc(Cl)c(F)c1. The Morgan fingerprint density at radius 3 is 2.44 bits per heavy atom. The molecule has 8 heteroatoms. The molecule has 0 spiro atoms. The molecule has 1 aliphatic heterocycles. The molecule has 130 valence electrons. The van der Waals surface area contributed by atoms with Crippen LogP contribution in [0.4, 0.5) is 4.39 Å². The first-order valence-electron chi connectivity index (χ1n) is 6.95. The lowest BCUT2D eigenvalue weighted by molar-refractivity contribution is 0.112. The number of benzene rings is 2. The summed E-state index contributed by atoms with van der Waals surface area (Å²) in [6, 6.07) is 11.6. The van der Waals surface area contributed by atoms with Crippen LogP contribution < -0.4 is 5.43 Å². The summed E-state index contributed by atoms with van der Waals surface area (Å²) in [5.74, 6) is -0.564. The smallest absolute Gasteiger partial charge is 0.236 e. The van der Waals surface area contributed by atoms with Crippen molar-refractivity contribution in [3.8, 4) is 11.3 Å². The molecule has 0 unspecified atom stereocenters. The summed E-state index contributed by atoms with van der Waals surface area (Å²) in [5.41, 5.74) is 0.935. The normalized spacial score (nSPS) is 10.8. The van der Waals surface area contributed by atoms with E-state index >= 15 is 0 Å². The van der Waals surface area contributed by atoms with E-state index in [2.05, 4.69) is 0 Å². The fourth-order valence-electron chi connectivity index (χ4n) is 2.06. The topological polar surface area (TPSA) is 73.2 Å². The Labute approximate surface area is 148 Å². The standard InChI is InChI=1S/C10H9NO3S.C7H4ClFO/c1-15(13,14)11-7-3-4-8-9(11)5-2-6-10(8)12;8-6-2-1-5(4-10)3-7(6)9/h2-7H,1H3;1-4H. The van der Waals surface area contributed by atoms with E-state index < -0.39 is 15.8 Å². The molecule has 0 saturated heterocycles. The molecule has 0 saturated carbocycles. The third kappa shape index (κ3) is 4.52. The van der Waals surface area contributed by atoms with Crippen LogP contribution in [0.25, 0.3) is 11.3 Å². The van der Waals surface area contributed by atoms with Crippen molar-refractivity contribution in [2.24, 2.45) is 0 Å². The lowest BCUT2D eigenvalue weighted by atomic mass is 10.1. The summed E-state index contributed by atoms with van der Waals surface area (Å²) in [6.45, 7) is 0. The number of carbonyl (C=O) groups is 1. The molecule has 0 N–H and O–H groups in total. The van der Waals surface area contributed by atoms with Gasteiger partial charge in [-0.1, -0.05) is 23.7 Å². The zero-order valence-electron chi connectivity index (χ0n) is 13.0. The largest absolute Gasteiger partial charge is 0.298 e. The van der Waals surface area contributed by atoms with Gasteiger partial charge in [0.15, 0.2) is 5.43 Å². The van der Waals surface area contributed by atoms with E-state index in [-0.39, 0.29) is 10.5 Å². The number of aromatic nitrogens is 1. The molecule has 5 nitrogen and oxygen atoms in total. The maximum Gasteiger partial charge on any atom is 0.236 e. The summed E-state index contributed by atoms with van der Waals surface area (Å²) in [4.78, 5) is 21.5. The quantitative estimate of drug-likeness (QED) is 0.639. The van der Waals surface area contributed by atoms with E-state index in [9.17, 15) is 22.4 Å². The number of carbonyl (C=O) groups excluding carboxylic acids is 1. The van der Waals surface area contributed by atoms with Gasteiger partial charge in [-0.25, -0.2) is 16.8 Å². The van der Waals surface area contributed by atoms with Crippen molar-refractivity contribution in [2.45, 2.75) is 0 Å². The van der Waals surface area contributed by atoms with Crippen LogP contribution in [-0.4, -0.2) is 24.9 Å². The first kappa shape index (κ1) is 18.8. The number of aldehydes is 1. The zero-order chi connectivity index (χ0) is 18.6. The second kappa shape index (κ2) is 7.58. The molecule has 0 atom stereocenters. The van der Waals surface area contributed by atoms with Gasteiger partial charge in [-0.3, -0.25) is 9.59 Å². The van der Waals surface area contributed by atoms with E-state index in [0.717, 1.165) is 16.3 Å². The van der Waals surface area contributed by atoms with Gasteiger partial charge in [0, 0.05) is 17.3 Å². The third-order valence-corrected chi connectivity index (χ3v) is 4.54. The Hall–Kier alpha value is -2.51. The molecule has 0 fully saturated rings. The van der Waals surface area contributed by atoms with Gasteiger partial charge in [-0.05, 0) is 36.4 Å². The fraction of sp³-hybridized carbons (Fsp3) is 0.0588. The Kier molecular flexibility index (Phi) is 5.71. The highest BCUT2D eigenvalue weighted by Gasteiger charge is 2.13. The first-order chi connectivity index (χ1) is 11.7. The second-order valence-electron chi connectivity index (χ2n) is 5.05. The van der Waals surface area contributed by atoms with Gasteiger partial charge in [-0.15, -0.1) is 0 Å². The van der Waals surface area contributed by atoms with E-state index in [1.807, 2.05) is 0 Å². The molecular weight excluding hydrogens is 369 g/mol. The van der Waals surface area contributed by atoms with Gasteiger partial charge in [0.25, 0.3) is 0 Å². The second-order valence-corrected chi connectivity index (χ2v) is 7.31.